The molecule has 0 aliphatic heterocycles. The second-order valence-corrected chi connectivity index (χ2v) is 7.60. The van der Waals surface area contributed by atoms with Gasteiger partial charge in [-0.05, 0) is 55.2 Å². The molecule has 0 aliphatic rings. The van der Waals surface area contributed by atoms with E-state index in [1.807, 2.05) is 18.2 Å². The molecule has 3 aromatic rings. The quantitative estimate of drug-likeness (QED) is 0.359. The summed E-state index contributed by atoms with van der Waals surface area (Å²) in [6, 6.07) is 10.3. The molecule has 3 N–H and O–H groups in total. The van der Waals surface area contributed by atoms with Crippen LogP contribution in [0, 0.1) is 5.82 Å². The van der Waals surface area contributed by atoms with E-state index in [0.29, 0.717) is 47.9 Å². The maximum atomic E-state index is 13.7. The van der Waals surface area contributed by atoms with Crippen LogP contribution in [0.2, 0.25) is 10.0 Å². The Bertz CT molecular complexity index is 951. The Morgan fingerprint density at radius 3 is 2.61 bits per heavy atom. The lowest BCUT2D eigenvalue weighted by molar-refractivity contribution is 0.156. The van der Waals surface area contributed by atoms with Crippen molar-refractivity contribution in [2.24, 2.45) is 0 Å². The van der Waals surface area contributed by atoms with E-state index in [1.165, 1.54) is 12.1 Å². The third kappa shape index (κ3) is 5.27. The lowest BCUT2D eigenvalue weighted by atomic mass is 10.0. The van der Waals surface area contributed by atoms with E-state index in [9.17, 15) is 9.50 Å². The van der Waals surface area contributed by atoms with Gasteiger partial charge in [0.2, 0.25) is 0 Å². The minimum atomic E-state index is -0.476. The maximum Gasteiger partial charge on any atom is 0.142 e. The summed E-state index contributed by atoms with van der Waals surface area (Å²) in [5, 5.41) is 10.7. The van der Waals surface area contributed by atoms with E-state index in [0.717, 1.165) is 11.1 Å². The van der Waals surface area contributed by atoms with Gasteiger partial charge < -0.3 is 10.1 Å². The predicted molar refractivity (Wildman–Crippen MR) is 115 cm³/mol. The molecule has 1 atom stereocenters. The van der Waals surface area contributed by atoms with Gasteiger partial charge in [0, 0.05) is 22.7 Å². The Labute approximate surface area is 178 Å². The van der Waals surface area contributed by atoms with E-state index >= 15 is 0 Å². The van der Waals surface area contributed by atoms with Gasteiger partial charge in [0.15, 0.2) is 0 Å². The molecule has 1 unspecified atom stereocenters. The van der Waals surface area contributed by atoms with Gasteiger partial charge in [0.25, 0.3) is 0 Å². The molecular formula is C20H20Cl2FN3OS. The summed E-state index contributed by atoms with van der Waals surface area (Å²) < 4.78 is 16.4. The minimum absolute atomic E-state index is 0.0816. The van der Waals surface area contributed by atoms with Crippen molar-refractivity contribution in [1.82, 2.24) is 14.7 Å². The highest BCUT2D eigenvalue weighted by Gasteiger charge is 2.11. The van der Waals surface area contributed by atoms with Crippen LogP contribution < -0.4 is 4.72 Å². The van der Waals surface area contributed by atoms with Crippen molar-refractivity contribution in [2.45, 2.75) is 25.4 Å². The van der Waals surface area contributed by atoms with Gasteiger partial charge in [-0.2, -0.15) is 0 Å². The number of hydrogen-bond acceptors (Lipinski definition) is 4. The van der Waals surface area contributed by atoms with Crippen LogP contribution in [0.1, 0.15) is 18.4 Å². The van der Waals surface area contributed by atoms with Crippen molar-refractivity contribution < 1.29 is 9.50 Å². The lowest BCUT2D eigenvalue weighted by Gasteiger charge is -2.11. The Hall–Kier alpha value is -1.57. The van der Waals surface area contributed by atoms with Gasteiger partial charge in [0.05, 0.1) is 23.0 Å². The molecule has 0 saturated heterocycles. The van der Waals surface area contributed by atoms with Gasteiger partial charge in [-0.25, -0.2) is 9.37 Å². The molecule has 148 valence electrons. The largest absolute Gasteiger partial charge is 0.393 e. The van der Waals surface area contributed by atoms with Crippen LogP contribution in [-0.2, 0) is 6.42 Å². The van der Waals surface area contributed by atoms with Crippen LogP contribution in [0.25, 0.3) is 22.6 Å². The molecule has 0 fully saturated rings. The average molecular weight is 440 g/mol. The highest BCUT2D eigenvalue weighted by Crippen LogP contribution is 2.28. The third-order valence-corrected chi connectivity index (χ3v) is 5.36. The molecule has 8 heteroatoms. The van der Waals surface area contributed by atoms with E-state index in [4.69, 9.17) is 23.2 Å². The van der Waals surface area contributed by atoms with Gasteiger partial charge in [0.1, 0.15) is 11.6 Å². The number of halogens is 3. The number of H-pyrrole nitrogens is 1. The second-order valence-electron chi connectivity index (χ2n) is 6.47. The van der Waals surface area contributed by atoms with Crippen molar-refractivity contribution in [3.63, 3.8) is 0 Å². The zero-order valence-electron chi connectivity index (χ0n) is 14.9. The summed E-state index contributed by atoms with van der Waals surface area (Å²) in [6.07, 6.45) is 3.11. The average Bonchev–Trinajstić information content (AvgIpc) is 3.18. The first-order valence-corrected chi connectivity index (χ1v) is 10.0. The number of nitrogens with one attached hydrogen (secondary N) is 2. The molecule has 0 bridgehead atoms. The van der Waals surface area contributed by atoms with Crippen molar-refractivity contribution in [2.75, 3.05) is 6.54 Å². The summed E-state index contributed by atoms with van der Waals surface area (Å²) in [5.74, 6) is 0.180. The molecule has 0 saturated carbocycles. The summed E-state index contributed by atoms with van der Waals surface area (Å²) in [5.41, 5.74) is 3.16. The topological polar surface area (TPSA) is 60.9 Å². The van der Waals surface area contributed by atoms with Crippen molar-refractivity contribution >= 4 is 36.0 Å². The summed E-state index contributed by atoms with van der Waals surface area (Å²) in [7, 11) is 0. The number of thiol groups is 1. The smallest absolute Gasteiger partial charge is 0.142 e. The first kappa shape index (κ1) is 21.1. The van der Waals surface area contributed by atoms with Crippen molar-refractivity contribution in [3.8, 4) is 22.6 Å². The van der Waals surface area contributed by atoms with Crippen LogP contribution in [0.5, 0.6) is 0 Å². The Morgan fingerprint density at radius 1 is 1.11 bits per heavy atom. The number of nitrogens with zero attached hydrogens (tertiary/aromatic N) is 1. The summed E-state index contributed by atoms with van der Waals surface area (Å²) >= 11 is 16.0. The van der Waals surface area contributed by atoms with Crippen LogP contribution in [0.15, 0.2) is 42.6 Å². The van der Waals surface area contributed by atoms with Crippen LogP contribution in [0.4, 0.5) is 4.39 Å². The number of aryl methyl sites for hydroxylation is 1. The number of aromatic amines is 1. The Morgan fingerprint density at radius 2 is 1.86 bits per heavy atom. The van der Waals surface area contributed by atoms with Gasteiger partial charge in [-0.3, -0.25) is 4.72 Å². The number of aliphatic hydroxyl groups excluding tert-OH is 1. The van der Waals surface area contributed by atoms with E-state index in [2.05, 4.69) is 27.5 Å². The molecular weight excluding hydrogens is 420 g/mol. The highest BCUT2D eigenvalue weighted by atomic mass is 35.5. The maximum absolute atomic E-state index is 13.7. The molecule has 28 heavy (non-hydrogen) atoms. The first-order valence-electron chi connectivity index (χ1n) is 8.82. The molecule has 0 spiro atoms. The summed E-state index contributed by atoms with van der Waals surface area (Å²) in [4.78, 5) is 7.60. The van der Waals surface area contributed by atoms with Crippen LogP contribution in [0.3, 0.4) is 0 Å². The SMILES string of the molecule is OC(CCNS)CCc1cc(-c2ncc(-c3ccc(Cl)c(F)c3)[nH]2)ccc1Cl. The molecule has 4 nitrogen and oxygen atoms in total. The lowest BCUT2D eigenvalue weighted by Crippen LogP contribution is -2.14. The van der Waals surface area contributed by atoms with Gasteiger partial charge in [-0.1, -0.05) is 42.1 Å². The van der Waals surface area contributed by atoms with Gasteiger partial charge in [-0.15, -0.1) is 0 Å². The first-order chi connectivity index (χ1) is 13.5. The van der Waals surface area contributed by atoms with Crippen LogP contribution >= 0.6 is 36.0 Å². The minimum Gasteiger partial charge on any atom is -0.393 e. The van der Waals surface area contributed by atoms with E-state index < -0.39 is 11.9 Å². The molecule has 0 radical (unpaired) electrons. The molecule has 0 amide bonds. The number of rotatable bonds is 8. The second kappa shape index (κ2) is 9.76. The predicted octanol–water partition coefficient (Wildman–Crippen LogP) is 5.31. The highest BCUT2D eigenvalue weighted by molar-refractivity contribution is 7.78. The normalized spacial score (nSPS) is 12.3. The summed E-state index contributed by atoms with van der Waals surface area (Å²) in [6.45, 7) is 0.637. The van der Waals surface area contributed by atoms with E-state index in [-0.39, 0.29) is 5.02 Å². The number of aliphatic hydroxyl groups is 1. The van der Waals surface area contributed by atoms with E-state index in [1.54, 1.807) is 12.3 Å². The molecule has 1 heterocycles. The zero-order valence-corrected chi connectivity index (χ0v) is 17.3. The Balaban J connectivity index is 1.77. The fourth-order valence-electron chi connectivity index (χ4n) is 2.89. The monoisotopic (exact) mass is 439 g/mol. The van der Waals surface area contributed by atoms with Gasteiger partial charge >= 0.3 is 0 Å². The molecule has 1 aromatic heterocycles. The molecule has 0 aliphatic carbocycles. The standard InChI is InChI=1S/C20H20Cl2FN3OS/c21-16-5-3-14(9-12(16)1-4-15(27)7-8-25-28)20-24-11-19(26-20)13-2-6-17(22)18(23)10-13/h2-3,5-6,9-11,15,25,27-28H,1,4,7-8H2,(H,24,26). The fourth-order valence-corrected chi connectivity index (χ4v) is 3.35. The molecule has 3 rings (SSSR count). The fraction of sp³-hybridized carbons (Fsp3) is 0.250. The number of imidazole rings is 1. The zero-order chi connectivity index (χ0) is 20.1. The molecule has 2 aromatic carbocycles. The number of aromatic nitrogens is 2. The third-order valence-electron chi connectivity index (χ3n) is 4.46. The number of hydrogen-bond donors (Lipinski definition) is 4. The van der Waals surface area contributed by atoms with Crippen molar-refractivity contribution in [3.05, 3.63) is 64.0 Å². The number of benzene rings is 2. The van der Waals surface area contributed by atoms with Crippen LogP contribution in [-0.4, -0.2) is 27.7 Å². The van der Waals surface area contributed by atoms with Crippen molar-refractivity contribution in [1.29, 1.82) is 0 Å². The Kier molecular flexibility index (Phi) is 7.37.